The first-order valence-corrected chi connectivity index (χ1v) is 9.19. The molecule has 0 aliphatic rings. The van der Waals surface area contributed by atoms with Crippen LogP contribution >= 0.6 is 11.3 Å². The molecular formula is C19H20N2O4S. The number of aryl methyl sites for hydroxylation is 1. The molecule has 0 bridgehead atoms. The average Bonchev–Trinajstić information content (AvgIpc) is 3.07. The van der Waals surface area contributed by atoms with Gasteiger partial charge in [0.2, 0.25) is 0 Å². The number of carbonyl (C=O) groups excluding carboxylic acids is 1. The van der Waals surface area contributed by atoms with Crippen molar-refractivity contribution in [2.45, 2.75) is 32.9 Å². The number of aliphatic hydroxyl groups is 1. The SMILES string of the molecule is CCc1cc2c(=O)n(CC(O)COc3cccc(C(C)=O)c3)cnc2s1. The summed E-state index contributed by atoms with van der Waals surface area (Å²) >= 11 is 1.51. The summed E-state index contributed by atoms with van der Waals surface area (Å²) in [4.78, 5) is 30.1. The molecule has 1 aromatic carbocycles. The number of ether oxygens (including phenoxy) is 1. The molecule has 1 N–H and O–H groups in total. The average molecular weight is 372 g/mol. The second kappa shape index (κ2) is 7.80. The highest BCUT2D eigenvalue weighted by atomic mass is 32.1. The lowest BCUT2D eigenvalue weighted by atomic mass is 10.1. The minimum atomic E-state index is -0.878. The van der Waals surface area contributed by atoms with Crippen molar-refractivity contribution in [2.75, 3.05) is 6.61 Å². The number of Topliss-reactive ketones (excluding diaryl/α,β-unsaturated/α-hetero) is 1. The number of ketones is 1. The van der Waals surface area contributed by atoms with Gasteiger partial charge in [0.15, 0.2) is 5.78 Å². The molecule has 0 aliphatic carbocycles. The predicted octanol–water partition coefficient (Wildman–Crippen LogP) is 2.66. The van der Waals surface area contributed by atoms with Gasteiger partial charge in [0.1, 0.15) is 23.3 Å². The number of thiophene rings is 1. The molecular weight excluding hydrogens is 352 g/mol. The third kappa shape index (κ3) is 4.00. The van der Waals surface area contributed by atoms with Crippen molar-refractivity contribution < 1.29 is 14.6 Å². The van der Waals surface area contributed by atoms with Gasteiger partial charge < -0.3 is 9.84 Å². The first-order chi connectivity index (χ1) is 12.5. The van der Waals surface area contributed by atoms with Crippen molar-refractivity contribution >= 4 is 27.3 Å². The van der Waals surface area contributed by atoms with Crippen LogP contribution in [0.2, 0.25) is 0 Å². The molecule has 136 valence electrons. The number of fused-ring (bicyclic) bond motifs is 1. The summed E-state index contributed by atoms with van der Waals surface area (Å²) in [6, 6.07) is 8.64. The Morgan fingerprint density at radius 2 is 2.19 bits per heavy atom. The lowest BCUT2D eigenvalue weighted by Gasteiger charge is -2.14. The number of hydrogen-bond acceptors (Lipinski definition) is 6. The first kappa shape index (κ1) is 18.3. The number of aliphatic hydroxyl groups excluding tert-OH is 1. The molecule has 0 saturated carbocycles. The second-order valence-corrected chi connectivity index (χ2v) is 7.15. The zero-order chi connectivity index (χ0) is 18.7. The van der Waals surface area contributed by atoms with Crippen molar-refractivity contribution in [3.63, 3.8) is 0 Å². The molecule has 2 aromatic heterocycles. The quantitative estimate of drug-likeness (QED) is 0.645. The fourth-order valence-corrected chi connectivity index (χ4v) is 3.52. The van der Waals surface area contributed by atoms with Gasteiger partial charge in [-0.25, -0.2) is 4.98 Å². The Morgan fingerprint density at radius 1 is 1.38 bits per heavy atom. The first-order valence-electron chi connectivity index (χ1n) is 8.37. The number of rotatable bonds is 7. The van der Waals surface area contributed by atoms with Crippen LogP contribution in [0.4, 0.5) is 0 Å². The molecule has 1 unspecified atom stereocenters. The lowest BCUT2D eigenvalue weighted by Crippen LogP contribution is -2.30. The number of hydrogen-bond donors (Lipinski definition) is 1. The predicted molar refractivity (Wildman–Crippen MR) is 101 cm³/mol. The summed E-state index contributed by atoms with van der Waals surface area (Å²) in [6.45, 7) is 3.62. The van der Waals surface area contributed by atoms with Gasteiger partial charge in [-0.15, -0.1) is 11.3 Å². The van der Waals surface area contributed by atoms with E-state index in [1.165, 1.54) is 29.2 Å². The molecule has 26 heavy (non-hydrogen) atoms. The number of nitrogens with zero attached hydrogens (tertiary/aromatic N) is 2. The summed E-state index contributed by atoms with van der Waals surface area (Å²) in [6.07, 6.45) is 1.44. The van der Waals surface area contributed by atoms with E-state index in [-0.39, 0.29) is 24.5 Å². The minimum absolute atomic E-state index is 0.00961. The molecule has 0 radical (unpaired) electrons. The molecule has 1 atom stereocenters. The number of benzene rings is 1. The van der Waals surface area contributed by atoms with Crippen LogP contribution in [-0.2, 0) is 13.0 Å². The van der Waals surface area contributed by atoms with Gasteiger partial charge in [-0.3, -0.25) is 14.2 Å². The highest BCUT2D eigenvalue weighted by Gasteiger charge is 2.12. The molecule has 0 saturated heterocycles. The van der Waals surface area contributed by atoms with E-state index in [2.05, 4.69) is 4.98 Å². The van der Waals surface area contributed by atoms with E-state index in [1.54, 1.807) is 24.3 Å². The van der Waals surface area contributed by atoms with E-state index >= 15 is 0 Å². The van der Waals surface area contributed by atoms with Crippen LogP contribution in [0.3, 0.4) is 0 Å². The summed E-state index contributed by atoms with van der Waals surface area (Å²) in [5.74, 6) is 0.451. The molecule has 0 spiro atoms. The van der Waals surface area contributed by atoms with E-state index in [0.717, 1.165) is 16.1 Å². The summed E-state index contributed by atoms with van der Waals surface area (Å²) in [7, 11) is 0. The van der Waals surface area contributed by atoms with Gasteiger partial charge in [0.05, 0.1) is 18.3 Å². The smallest absolute Gasteiger partial charge is 0.262 e. The Kier molecular flexibility index (Phi) is 5.49. The van der Waals surface area contributed by atoms with E-state index < -0.39 is 6.10 Å². The topological polar surface area (TPSA) is 81.4 Å². The van der Waals surface area contributed by atoms with Crippen LogP contribution in [0.15, 0.2) is 41.5 Å². The van der Waals surface area contributed by atoms with Crippen LogP contribution in [0.1, 0.15) is 29.1 Å². The van der Waals surface area contributed by atoms with Gasteiger partial charge in [-0.05, 0) is 31.5 Å². The third-order valence-corrected chi connectivity index (χ3v) is 5.20. The highest BCUT2D eigenvalue weighted by Crippen LogP contribution is 2.21. The second-order valence-electron chi connectivity index (χ2n) is 6.04. The molecule has 6 nitrogen and oxygen atoms in total. The van der Waals surface area contributed by atoms with Gasteiger partial charge >= 0.3 is 0 Å². The maximum Gasteiger partial charge on any atom is 0.262 e. The van der Waals surface area contributed by atoms with Crippen LogP contribution < -0.4 is 10.3 Å². The van der Waals surface area contributed by atoms with E-state index in [4.69, 9.17) is 4.74 Å². The fourth-order valence-electron chi connectivity index (χ4n) is 2.59. The zero-order valence-corrected chi connectivity index (χ0v) is 15.5. The van der Waals surface area contributed by atoms with Crippen LogP contribution in [0.25, 0.3) is 10.2 Å². The van der Waals surface area contributed by atoms with Crippen molar-refractivity contribution in [3.8, 4) is 5.75 Å². The highest BCUT2D eigenvalue weighted by molar-refractivity contribution is 7.18. The molecule has 0 aliphatic heterocycles. The molecule has 3 rings (SSSR count). The van der Waals surface area contributed by atoms with Gasteiger partial charge in [0, 0.05) is 10.4 Å². The van der Waals surface area contributed by atoms with E-state index in [9.17, 15) is 14.7 Å². The van der Waals surface area contributed by atoms with Gasteiger partial charge in [-0.1, -0.05) is 19.1 Å². The van der Waals surface area contributed by atoms with Gasteiger partial charge in [0.25, 0.3) is 5.56 Å². The van der Waals surface area contributed by atoms with Crippen LogP contribution in [0, 0.1) is 0 Å². The zero-order valence-electron chi connectivity index (χ0n) is 14.6. The minimum Gasteiger partial charge on any atom is -0.491 e. The van der Waals surface area contributed by atoms with E-state index in [0.29, 0.717) is 16.7 Å². The Bertz CT molecular complexity index is 993. The van der Waals surface area contributed by atoms with Gasteiger partial charge in [-0.2, -0.15) is 0 Å². The van der Waals surface area contributed by atoms with Crippen molar-refractivity contribution in [2.24, 2.45) is 0 Å². The number of aromatic nitrogens is 2. The lowest BCUT2D eigenvalue weighted by molar-refractivity contribution is 0.0913. The van der Waals surface area contributed by atoms with Crippen molar-refractivity contribution in [1.82, 2.24) is 9.55 Å². The molecule has 2 heterocycles. The third-order valence-electron chi connectivity index (χ3n) is 4.01. The molecule has 0 fully saturated rings. The number of carbonyl (C=O) groups is 1. The maximum atomic E-state index is 12.5. The normalized spacial score (nSPS) is 12.3. The summed E-state index contributed by atoms with van der Waals surface area (Å²) in [5.41, 5.74) is 0.385. The molecule has 7 heteroatoms. The van der Waals surface area contributed by atoms with Crippen LogP contribution in [0.5, 0.6) is 5.75 Å². The Balaban J connectivity index is 1.68. The van der Waals surface area contributed by atoms with Crippen LogP contribution in [-0.4, -0.2) is 33.2 Å². The maximum absolute atomic E-state index is 12.5. The molecule has 0 amide bonds. The standard InChI is InChI=1S/C19H20N2O4S/c1-3-16-8-17-18(26-16)20-11-21(19(17)24)9-14(23)10-25-15-6-4-5-13(7-15)12(2)22/h4-8,11,14,23H,3,9-10H2,1-2H3. The van der Waals surface area contributed by atoms with E-state index in [1.807, 2.05) is 13.0 Å². The largest absolute Gasteiger partial charge is 0.491 e. The Hall–Kier alpha value is -2.51. The Morgan fingerprint density at radius 3 is 2.92 bits per heavy atom. The summed E-state index contributed by atoms with van der Waals surface area (Å²) in [5, 5.41) is 10.8. The molecule has 3 aromatic rings. The monoisotopic (exact) mass is 372 g/mol. The summed E-state index contributed by atoms with van der Waals surface area (Å²) < 4.78 is 6.94. The fraction of sp³-hybridized carbons (Fsp3) is 0.316. The van der Waals surface area contributed by atoms with Crippen molar-refractivity contribution in [3.05, 3.63) is 57.5 Å². The van der Waals surface area contributed by atoms with Crippen molar-refractivity contribution in [1.29, 1.82) is 0 Å². The Labute approximate surface area is 154 Å².